The van der Waals surface area contributed by atoms with Crippen LogP contribution in [0.4, 0.5) is 0 Å². The van der Waals surface area contributed by atoms with E-state index in [1.54, 1.807) is 13.3 Å². The predicted molar refractivity (Wildman–Crippen MR) is 80.7 cm³/mol. The molecule has 22 heavy (non-hydrogen) atoms. The van der Waals surface area contributed by atoms with Crippen LogP contribution in [-0.2, 0) is 17.1 Å². The minimum Gasteiger partial charge on any atom is -0.468 e. The maximum Gasteiger partial charge on any atom is 0.243 e. The van der Waals surface area contributed by atoms with Crippen molar-refractivity contribution < 1.29 is 12.8 Å². The van der Waals surface area contributed by atoms with Crippen molar-refractivity contribution in [3.63, 3.8) is 0 Å². The van der Waals surface area contributed by atoms with Gasteiger partial charge in [0.05, 0.1) is 18.5 Å². The predicted octanol–water partition coefficient (Wildman–Crippen LogP) is 1.13. The number of likely N-dealkylation sites (tertiary alicyclic amines) is 1. The van der Waals surface area contributed by atoms with Crippen LogP contribution in [0.5, 0.6) is 0 Å². The Morgan fingerprint density at radius 3 is 2.77 bits per heavy atom. The molecule has 0 aliphatic carbocycles. The molecule has 1 aliphatic heterocycles. The number of hydrogen-bond acceptors (Lipinski definition) is 5. The fourth-order valence-corrected chi connectivity index (χ4v) is 3.77. The van der Waals surface area contributed by atoms with E-state index in [1.165, 1.54) is 17.1 Å². The summed E-state index contributed by atoms with van der Waals surface area (Å²) in [6.45, 7) is 2.20. The molecule has 0 spiro atoms. The second-order valence-corrected chi connectivity index (χ2v) is 7.24. The molecule has 0 amide bonds. The van der Waals surface area contributed by atoms with E-state index in [1.807, 2.05) is 12.1 Å². The fraction of sp³-hybridized carbons (Fsp3) is 0.500. The van der Waals surface area contributed by atoms with Crippen LogP contribution >= 0.6 is 0 Å². The summed E-state index contributed by atoms with van der Waals surface area (Å²) >= 11 is 0. The minimum atomic E-state index is -3.56. The average molecular weight is 324 g/mol. The normalized spacial score (nSPS) is 17.9. The molecule has 1 fully saturated rings. The highest BCUT2D eigenvalue weighted by atomic mass is 32.2. The highest BCUT2D eigenvalue weighted by Crippen LogP contribution is 2.25. The van der Waals surface area contributed by atoms with Gasteiger partial charge in [-0.1, -0.05) is 0 Å². The zero-order valence-electron chi connectivity index (χ0n) is 12.5. The van der Waals surface area contributed by atoms with Crippen LogP contribution < -0.4 is 4.72 Å². The molecule has 1 unspecified atom stereocenters. The van der Waals surface area contributed by atoms with Crippen molar-refractivity contribution in [2.75, 3.05) is 19.6 Å². The van der Waals surface area contributed by atoms with Crippen LogP contribution in [-0.4, -0.2) is 42.7 Å². The fourth-order valence-electron chi connectivity index (χ4n) is 2.75. The van der Waals surface area contributed by atoms with Crippen molar-refractivity contribution in [1.29, 1.82) is 0 Å². The first-order chi connectivity index (χ1) is 10.6. The lowest BCUT2D eigenvalue weighted by Gasteiger charge is -2.25. The third-order valence-corrected chi connectivity index (χ3v) is 5.29. The van der Waals surface area contributed by atoms with Gasteiger partial charge in [-0.2, -0.15) is 5.10 Å². The van der Waals surface area contributed by atoms with Crippen LogP contribution in [0, 0.1) is 0 Å². The molecular weight excluding hydrogens is 304 g/mol. The Labute approximate surface area is 130 Å². The molecular formula is C14H20N4O3S. The third-order valence-electron chi connectivity index (χ3n) is 3.91. The van der Waals surface area contributed by atoms with Crippen molar-refractivity contribution in [1.82, 2.24) is 19.4 Å². The molecule has 8 heteroatoms. The van der Waals surface area contributed by atoms with Crippen molar-refractivity contribution >= 4 is 10.0 Å². The summed E-state index contributed by atoms with van der Waals surface area (Å²) in [6.07, 6.45) is 6.72. The molecule has 1 N–H and O–H groups in total. The maximum atomic E-state index is 12.3. The van der Waals surface area contributed by atoms with E-state index in [0.717, 1.165) is 31.7 Å². The first-order valence-corrected chi connectivity index (χ1v) is 8.80. The first kappa shape index (κ1) is 15.3. The van der Waals surface area contributed by atoms with Crippen LogP contribution in [0.2, 0.25) is 0 Å². The number of sulfonamides is 1. The molecule has 120 valence electrons. The van der Waals surface area contributed by atoms with Crippen LogP contribution in [0.25, 0.3) is 0 Å². The largest absolute Gasteiger partial charge is 0.468 e. The first-order valence-electron chi connectivity index (χ1n) is 7.32. The second-order valence-electron chi connectivity index (χ2n) is 5.48. The Bertz CT molecular complexity index is 702. The van der Waals surface area contributed by atoms with Crippen molar-refractivity contribution in [2.45, 2.75) is 23.8 Å². The van der Waals surface area contributed by atoms with Gasteiger partial charge in [-0.25, -0.2) is 13.1 Å². The van der Waals surface area contributed by atoms with Gasteiger partial charge in [0.2, 0.25) is 10.0 Å². The zero-order chi connectivity index (χ0) is 15.6. The summed E-state index contributed by atoms with van der Waals surface area (Å²) in [5.74, 6) is 0.788. The van der Waals surface area contributed by atoms with E-state index in [4.69, 9.17) is 4.42 Å². The molecule has 1 atom stereocenters. The van der Waals surface area contributed by atoms with E-state index in [2.05, 4.69) is 14.7 Å². The number of nitrogens with zero attached hydrogens (tertiary/aromatic N) is 3. The number of rotatable bonds is 6. The quantitative estimate of drug-likeness (QED) is 0.861. The van der Waals surface area contributed by atoms with E-state index in [-0.39, 0.29) is 17.5 Å². The Balaban J connectivity index is 1.74. The SMILES string of the molecule is Cn1cc(S(=O)(=O)NCC(c2ccco2)N2CCCC2)cn1. The van der Waals surface area contributed by atoms with Gasteiger partial charge in [-0.3, -0.25) is 9.58 Å². The summed E-state index contributed by atoms with van der Waals surface area (Å²) in [4.78, 5) is 2.43. The lowest BCUT2D eigenvalue weighted by atomic mass is 10.2. The Morgan fingerprint density at radius 1 is 1.41 bits per heavy atom. The summed E-state index contributed by atoms with van der Waals surface area (Å²) in [7, 11) is -1.87. The van der Waals surface area contributed by atoms with Crippen LogP contribution in [0.1, 0.15) is 24.6 Å². The third kappa shape index (κ3) is 3.23. The van der Waals surface area contributed by atoms with Gasteiger partial charge in [0, 0.05) is 19.8 Å². The van der Waals surface area contributed by atoms with E-state index in [9.17, 15) is 8.42 Å². The smallest absolute Gasteiger partial charge is 0.243 e. The molecule has 2 aromatic rings. The molecule has 0 aromatic carbocycles. The minimum absolute atomic E-state index is 0.0797. The maximum absolute atomic E-state index is 12.3. The topological polar surface area (TPSA) is 80.4 Å². The van der Waals surface area contributed by atoms with Gasteiger partial charge >= 0.3 is 0 Å². The summed E-state index contributed by atoms with van der Waals surface area (Å²) in [5.41, 5.74) is 0. The molecule has 0 radical (unpaired) electrons. The molecule has 1 aliphatic rings. The second kappa shape index (κ2) is 6.23. The van der Waals surface area contributed by atoms with E-state index < -0.39 is 10.0 Å². The number of hydrogen-bond donors (Lipinski definition) is 1. The molecule has 0 saturated carbocycles. The number of aryl methyl sites for hydroxylation is 1. The Morgan fingerprint density at radius 2 is 2.18 bits per heavy atom. The van der Waals surface area contributed by atoms with Gasteiger partial charge < -0.3 is 4.42 Å². The summed E-state index contributed by atoms with van der Waals surface area (Å²) in [5, 5.41) is 3.91. The van der Waals surface area contributed by atoms with Gasteiger partial charge in [0.25, 0.3) is 0 Å². The molecule has 1 saturated heterocycles. The van der Waals surface area contributed by atoms with Crippen molar-refractivity contribution in [3.05, 3.63) is 36.5 Å². The van der Waals surface area contributed by atoms with Crippen LogP contribution in [0.15, 0.2) is 40.1 Å². The molecule has 3 heterocycles. The molecule has 2 aromatic heterocycles. The average Bonchev–Trinajstić information content (AvgIpc) is 3.20. The Hall–Kier alpha value is -1.64. The standard InChI is InChI=1S/C14H20N4O3S/c1-17-11-12(9-15-17)22(19,20)16-10-13(14-5-4-8-21-14)18-6-2-3-7-18/h4-5,8-9,11,13,16H,2-3,6-7,10H2,1H3. The molecule has 3 rings (SSSR count). The monoisotopic (exact) mass is 324 g/mol. The number of aromatic nitrogens is 2. The highest BCUT2D eigenvalue weighted by molar-refractivity contribution is 7.89. The lowest BCUT2D eigenvalue weighted by molar-refractivity contribution is 0.216. The van der Waals surface area contributed by atoms with Gasteiger partial charge in [0.1, 0.15) is 10.7 Å². The van der Waals surface area contributed by atoms with E-state index >= 15 is 0 Å². The molecule has 0 bridgehead atoms. The van der Waals surface area contributed by atoms with E-state index in [0.29, 0.717) is 0 Å². The van der Waals surface area contributed by atoms with Gasteiger partial charge in [-0.15, -0.1) is 0 Å². The number of furan rings is 1. The Kier molecular flexibility index (Phi) is 4.32. The molecule has 7 nitrogen and oxygen atoms in total. The van der Waals surface area contributed by atoms with Gasteiger partial charge in [-0.05, 0) is 38.1 Å². The number of nitrogens with one attached hydrogen (secondary N) is 1. The van der Waals surface area contributed by atoms with Gasteiger partial charge in [0.15, 0.2) is 0 Å². The summed E-state index contributed by atoms with van der Waals surface area (Å²) in [6, 6.07) is 3.64. The lowest BCUT2D eigenvalue weighted by Crippen LogP contribution is -2.36. The van der Waals surface area contributed by atoms with Crippen molar-refractivity contribution in [2.24, 2.45) is 7.05 Å². The van der Waals surface area contributed by atoms with Crippen LogP contribution in [0.3, 0.4) is 0 Å². The van der Waals surface area contributed by atoms with Crippen molar-refractivity contribution in [3.8, 4) is 0 Å². The summed E-state index contributed by atoms with van der Waals surface area (Å²) < 4.78 is 34.3. The zero-order valence-corrected chi connectivity index (χ0v) is 13.3. The highest BCUT2D eigenvalue weighted by Gasteiger charge is 2.27.